The molecule has 0 aromatic carbocycles. The lowest BCUT2D eigenvalue weighted by Crippen LogP contribution is -2.23. The van der Waals surface area contributed by atoms with Gasteiger partial charge in [0.1, 0.15) is 0 Å². The van der Waals surface area contributed by atoms with Crippen LogP contribution in [0.1, 0.15) is 26.2 Å². The topological polar surface area (TPSA) is 23.6 Å². The van der Waals surface area contributed by atoms with Gasteiger partial charge < -0.3 is 0 Å². The van der Waals surface area contributed by atoms with Gasteiger partial charge in [-0.05, 0) is 34.6 Å². The quantitative estimate of drug-likeness (QED) is 0.492. The molecule has 0 amide bonds. The van der Waals surface area contributed by atoms with Crippen molar-refractivity contribution in [2.24, 2.45) is 0 Å². The second kappa shape index (κ2) is 5.79. The second-order valence-corrected chi connectivity index (χ2v) is 7.17. The molecule has 0 saturated carbocycles. The maximum Gasteiger partial charge on any atom is 0.215 e. The Morgan fingerprint density at radius 3 is 1.77 bits per heavy atom. The van der Waals surface area contributed by atoms with E-state index < -0.39 is 7.44 Å². The fourth-order valence-corrected chi connectivity index (χ4v) is 3.48. The summed E-state index contributed by atoms with van der Waals surface area (Å²) in [5.41, 5.74) is 0. The van der Waals surface area contributed by atoms with E-state index in [1.54, 1.807) is 0 Å². The van der Waals surface area contributed by atoms with Crippen LogP contribution in [0.25, 0.3) is 0 Å². The van der Waals surface area contributed by atoms with Gasteiger partial charge in [0.15, 0.2) is 0 Å². The van der Waals surface area contributed by atoms with Gasteiger partial charge in [0.05, 0.1) is 0 Å². The third-order valence-electron chi connectivity index (χ3n) is 2.30. The van der Waals surface area contributed by atoms with Crippen molar-refractivity contribution in [1.82, 2.24) is 9.34 Å². The normalized spacial score (nSPS) is 12.8. The molecule has 0 aliphatic carbocycles. The molecule has 3 nitrogen and oxygen atoms in total. The molecule has 0 aliphatic rings. The van der Waals surface area contributed by atoms with E-state index in [2.05, 4.69) is 6.92 Å². The average Bonchev–Trinajstić information content (AvgIpc) is 2.03. The summed E-state index contributed by atoms with van der Waals surface area (Å²) in [4.78, 5) is 0. The molecule has 0 aliphatic heterocycles. The van der Waals surface area contributed by atoms with Crippen molar-refractivity contribution in [3.05, 3.63) is 0 Å². The van der Waals surface area contributed by atoms with E-state index in [0.717, 1.165) is 12.6 Å². The number of unbranched alkanes of at least 4 members (excludes halogenated alkanes) is 2. The van der Waals surface area contributed by atoms with Gasteiger partial charge in [-0.2, -0.15) is 0 Å². The molecule has 80 valence electrons. The fraction of sp³-hybridized carbons (Fsp3) is 1.00. The zero-order valence-corrected chi connectivity index (χ0v) is 10.5. The van der Waals surface area contributed by atoms with Crippen molar-refractivity contribution in [3.63, 3.8) is 0 Å². The Morgan fingerprint density at radius 1 is 1.00 bits per heavy atom. The van der Waals surface area contributed by atoms with Gasteiger partial charge in [-0.1, -0.05) is 19.8 Å². The van der Waals surface area contributed by atoms with Gasteiger partial charge in [0.25, 0.3) is 0 Å². The van der Waals surface area contributed by atoms with Gasteiger partial charge in [-0.3, -0.25) is 4.57 Å². The third-order valence-corrected chi connectivity index (χ3v) is 5.70. The molecule has 0 saturated heterocycles. The first kappa shape index (κ1) is 13.2. The number of hydrogen-bond donors (Lipinski definition) is 0. The van der Waals surface area contributed by atoms with Crippen LogP contribution in [0, 0.1) is 0 Å². The Balaban J connectivity index is 4.18. The first-order valence-electron chi connectivity index (χ1n) is 4.89. The number of rotatable bonds is 6. The Bertz CT molecular complexity index is 168. The minimum atomic E-state index is -2.23. The first-order valence-corrected chi connectivity index (χ1v) is 6.69. The maximum atomic E-state index is 12.3. The highest BCUT2D eigenvalue weighted by molar-refractivity contribution is 7.58. The summed E-state index contributed by atoms with van der Waals surface area (Å²) in [5.74, 6) is 0. The maximum absolute atomic E-state index is 12.3. The highest BCUT2D eigenvalue weighted by Gasteiger charge is 2.26. The van der Waals surface area contributed by atoms with Crippen LogP contribution in [0.2, 0.25) is 0 Å². The van der Waals surface area contributed by atoms with Crippen LogP contribution in [0.4, 0.5) is 0 Å². The summed E-state index contributed by atoms with van der Waals surface area (Å²) in [5, 5.41) is 0. The van der Waals surface area contributed by atoms with Gasteiger partial charge >= 0.3 is 0 Å². The Kier molecular flexibility index (Phi) is 5.86. The monoisotopic (exact) mass is 206 g/mol. The Labute approximate surface area is 82.6 Å². The second-order valence-electron chi connectivity index (χ2n) is 3.79. The summed E-state index contributed by atoms with van der Waals surface area (Å²) in [6.45, 7) is 2.16. The van der Waals surface area contributed by atoms with E-state index in [9.17, 15) is 4.57 Å². The molecule has 4 heteroatoms. The number of hydrogen-bond acceptors (Lipinski definition) is 1. The molecule has 0 rings (SSSR count). The highest BCUT2D eigenvalue weighted by atomic mass is 31.2. The van der Waals surface area contributed by atoms with Crippen LogP contribution in [0.15, 0.2) is 0 Å². The summed E-state index contributed by atoms with van der Waals surface area (Å²) in [7, 11) is 5.36. The summed E-state index contributed by atoms with van der Waals surface area (Å²) >= 11 is 0. The lowest BCUT2D eigenvalue weighted by Gasteiger charge is -2.30. The molecule has 0 atom stereocenters. The number of nitrogens with zero attached hydrogens (tertiary/aromatic N) is 2. The Hall–Kier alpha value is 0.150. The molecule has 0 bridgehead atoms. The molecule has 0 unspecified atom stereocenters. The molecule has 13 heavy (non-hydrogen) atoms. The highest BCUT2D eigenvalue weighted by Crippen LogP contribution is 2.49. The van der Waals surface area contributed by atoms with Gasteiger partial charge in [0, 0.05) is 6.16 Å². The third kappa shape index (κ3) is 3.80. The zero-order chi connectivity index (χ0) is 10.5. The first-order chi connectivity index (χ1) is 5.95. The smallest absolute Gasteiger partial charge is 0.215 e. The van der Waals surface area contributed by atoms with Crippen molar-refractivity contribution < 1.29 is 4.57 Å². The van der Waals surface area contributed by atoms with Crippen molar-refractivity contribution in [2.75, 3.05) is 34.4 Å². The molecule has 0 radical (unpaired) electrons. The standard InChI is InChI=1S/C9H23N2OP/c1-6-7-8-9-13(12,10(2)3)11(4)5/h6-9H2,1-5H3. The minimum absolute atomic E-state index is 0.806. The molecule has 0 heterocycles. The van der Waals surface area contributed by atoms with Crippen LogP contribution in [-0.2, 0) is 4.57 Å². The van der Waals surface area contributed by atoms with Crippen LogP contribution in [0.3, 0.4) is 0 Å². The minimum Gasteiger partial charge on any atom is -0.289 e. The molecule has 0 aromatic heterocycles. The van der Waals surface area contributed by atoms with Gasteiger partial charge in [-0.15, -0.1) is 0 Å². The van der Waals surface area contributed by atoms with Crippen molar-refractivity contribution >= 4 is 7.44 Å². The Morgan fingerprint density at radius 2 is 1.46 bits per heavy atom. The lowest BCUT2D eigenvalue weighted by molar-refractivity contribution is 0.445. The largest absolute Gasteiger partial charge is 0.289 e. The van der Waals surface area contributed by atoms with E-state index in [1.165, 1.54) is 12.8 Å². The van der Waals surface area contributed by atoms with Crippen LogP contribution in [-0.4, -0.2) is 43.7 Å². The van der Waals surface area contributed by atoms with E-state index in [0.29, 0.717) is 0 Å². The predicted octanol–water partition coefficient (Wildman–Crippen LogP) is 2.49. The van der Waals surface area contributed by atoms with E-state index in [4.69, 9.17) is 0 Å². The SMILES string of the molecule is CCCCCP(=O)(N(C)C)N(C)C. The van der Waals surface area contributed by atoms with Crippen molar-refractivity contribution in [3.8, 4) is 0 Å². The van der Waals surface area contributed by atoms with Crippen LogP contribution < -0.4 is 0 Å². The van der Waals surface area contributed by atoms with Crippen molar-refractivity contribution in [1.29, 1.82) is 0 Å². The fourth-order valence-electron chi connectivity index (χ4n) is 1.33. The molecule has 0 fully saturated rings. The molecule has 0 aromatic rings. The molecular weight excluding hydrogens is 183 g/mol. The van der Waals surface area contributed by atoms with E-state index in [-0.39, 0.29) is 0 Å². The summed E-state index contributed by atoms with van der Waals surface area (Å²) < 4.78 is 16.1. The average molecular weight is 206 g/mol. The molecule has 0 spiro atoms. The van der Waals surface area contributed by atoms with Gasteiger partial charge in [-0.25, -0.2) is 9.34 Å². The zero-order valence-electron chi connectivity index (χ0n) is 9.58. The summed E-state index contributed by atoms with van der Waals surface area (Å²) in [6, 6.07) is 0. The predicted molar refractivity (Wildman–Crippen MR) is 59.4 cm³/mol. The summed E-state index contributed by atoms with van der Waals surface area (Å²) in [6.07, 6.45) is 4.22. The van der Waals surface area contributed by atoms with E-state index >= 15 is 0 Å². The molecular formula is C9H23N2OP. The van der Waals surface area contributed by atoms with Crippen molar-refractivity contribution in [2.45, 2.75) is 26.2 Å². The lowest BCUT2D eigenvalue weighted by atomic mass is 10.3. The van der Waals surface area contributed by atoms with Gasteiger partial charge in [0.2, 0.25) is 7.44 Å². The van der Waals surface area contributed by atoms with Crippen LogP contribution >= 0.6 is 7.44 Å². The molecule has 0 N–H and O–H groups in total. The van der Waals surface area contributed by atoms with E-state index in [1.807, 2.05) is 37.5 Å². The van der Waals surface area contributed by atoms with Crippen LogP contribution in [0.5, 0.6) is 0 Å².